The maximum atomic E-state index is 9.36. The number of benzene rings is 1. The van der Waals surface area contributed by atoms with Gasteiger partial charge in [-0.2, -0.15) is 5.10 Å². The van der Waals surface area contributed by atoms with Crippen molar-refractivity contribution in [2.45, 2.75) is 20.8 Å². The van der Waals surface area contributed by atoms with Gasteiger partial charge in [0, 0.05) is 5.69 Å². The maximum absolute atomic E-state index is 9.36. The number of aromatic hydroxyl groups is 1. The van der Waals surface area contributed by atoms with E-state index in [0.29, 0.717) is 5.02 Å². The molecule has 16 heavy (non-hydrogen) atoms. The van der Waals surface area contributed by atoms with Crippen LogP contribution in [0.4, 0.5) is 0 Å². The third-order valence-electron chi connectivity index (χ3n) is 2.83. The van der Waals surface area contributed by atoms with Crippen molar-refractivity contribution in [2.24, 2.45) is 0 Å². The highest BCUT2D eigenvalue weighted by atomic mass is 35.5. The fourth-order valence-corrected chi connectivity index (χ4v) is 1.77. The van der Waals surface area contributed by atoms with E-state index >= 15 is 0 Å². The molecule has 0 radical (unpaired) electrons. The zero-order valence-corrected chi connectivity index (χ0v) is 10.2. The summed E-state index contributed by atoms with van der Waals surface area (Å²) in [6, 6.07) is 5.07. The zero-order chi connectivity index (χ0) is 11.9. The van der Waals surface area contributed by atoms with Gasteiger partial charge < -0.3 is 5.11 Å². The highest BCUT2D eigenvalue weighted by Crippen LogP contribution is 2.26. The van der Waals surface area contributed by atoms with E-state index in [1.807, 2.05) is 25.5 Å². The molecule has 0 atom stereocenters. The Labute approximate surface area is 99.3 Å². The Balaban J connectivity index is 2.59. The number of phenols is 1. The van der Waals surface area contributed by atoms with Crippen LogP contribution in [0.15, 0.2) is 18.2 Å². The van der Waals surface area contributed by atoms with Crippen LogP contribution in [0.3, 0.4) is 0 Å². The van der Waals surface area contributed by atoms with Crippen LogP contribution in [0.5, 0.6) is 5.75 Å². The highest BCUT2D eigenvalue weighted by molar-refractivity contribution is 6.32. The third kappa shape index (κ3) is 1.67. The number of phenolic OH excluding ortho intramolecular Hbond substituents is 1. The van der Waals surface area contributed by atoms with E-state index in [1.54, 1.807) is 18.2 Å². The fraction of sp³-hybridized carbons (Fsp3) is 0.250. The van der Waals surface area contributed by atoms with Crippen LogP contribution in [-0.4, -0.2) is 14.9 Å². The minimum atomic E-state index is 0.0867. The molecule has 1 aromatic carbocycles. The van der Waals surface area contributed by atoms with Crippen LogP contribution < -0.4 is 0 Å². The average Bonchev–Trinajstić information content (AvgIpc) is 2.50. The van der Waals surface area contributed by atoms with Crippen molar-refractivity contribution >= 4 is 11.6 Å². The summed E-state index contributed by atoms with van der Waals surface area (Å²) in [5, 5.41) is 14.1. The SMILES string of the molecule is Cc1nn(-c2ccc(O)c(Cl)c2)c(C)c1C. The molecule has 84 valence electrons. The predicted molar refractivity (Wildman–Crippen MR) is 64.4 cm³/mol. The van der Waals surface area contributed by atoms with E-state index in [0.717, 1.165) is 17.1 Å². The molecular weight excluding hydrogens is 224 g/mol. The van der Waals surface area contributed by atoms with Gasteiger partial charge in [0.1, 0.15) is 5.75 Å². The van der Waals surface area contributed by atoms with Crippen molar-refractivity contribution in [1.82, 2.24) is 9.78 Å². The molecule has 1 aromatic heterocycles. The Morgan fingerprint density at radius 1 is 1.25 bits per heavy atom. The van der Waals surface area contributed by atoms with E-state index in [1.165, 1.54) is 5.56 Å². The molecule has 0 unspecified atom stereocenters. The predicted octanol–water partition coefficient (Wildman–Crippen LogP) is 3.16. The summed E-state index contributed by atoms with van der Waals surface area (Å²) in [6.07, 6.45) is 0. The van der Waals surface area contributed by atoms with Gasteiger partial charge in [0.2, 0.25) is 0 Å². The first-order valence-corrected chi connectivity index (χ1v) is 5.40. The molecule has 2 aromatic rings. The molecule has 0 spiro atoms. The molecule has 0 saturated heterocycles. The van der Waals surface area contributed by atoms with Gasteiger partial charge in [-0.05, 0) is 44.5 Å². The lowest BCUT2D eigenvalue weighted by molar-refractivity contribution is 0.475. The van der Waals surface area contributed by atoms with Gasteiger partial charge in [-0.15, -0.1) is 0 Å². The molecule has 0 aliphatic heterocycles. The van der Waals surface area contributed by atoms with Crippen LogP contribution in [0, 0.1) is 20.8 Å². The Bertz CT molecular complexity index is 546. The smallest absolute Gasteiger partial charge is 0.134 e. The Morgan fingerprint density at radius 3 is 2.44 bits per heavy atom. The first kappa shape index (κ1) is 11.0. The van der Waals surface area contributed by atoms with Crippen molar-refractivity contribution in [1.29, 1.82) is 0 Å². The van der Waals surface area contributed by atoms with Gasteiger partial charge in [0.25, 0.3) is 0 Å². The Kier molecular flexibility index (Phi) is 2.64. The average molecular weight is 237 g/mol. The number of aryl methyl sites for hydroxylation is 1. The molecule has 2 rings (SSSR count). The number of aromatic nitrogens is 2. The van der Waals surface area contributed by atoms with E-state index in [-0.39, 0.29) is 5.75 Å². The van der Waals surface area contributed by atoms with Gasteiger partial charge in [0.15, 0.2) is 0 Å². The second-order valence-electron chi connectivity index (χ2n) is 3.84. The lowest BCUT2D eigenvalue weighted by Crippen LogP contribution is -1.98. The van der Waals surface area contributed by atoms with E-state index in [2.05, 4.69) is 5.10 Å². The van der Waals surface area contributed by atoms with E-state index in [4.69, 9.17) is 11.6 Å². The minimum absolute atomic E-state index is 0.0867. The molecule has 0 bridgehead atoms. The number of nitrogens with zero attached hydrogens (tertiary/aromatic N) is 2. The van der Waals surface area contributed by atoms with Gasteiger partial charge in [0.05, 0.1) is 16.4 Å². The summed E-state index contributed by atoms with van der Waals surface area (Å²) in [5.74, 6) is 0.0867. The van der Waals surface area contributed by atoms with Crippen LogP contribution in [0.2, 0.25) is 5.02 Å². The Hall–Kier alpha value is -1.48. The summed E-state index contributed by atoms with van der Waals surface area (Å²) >= 11 is 5.87. The molecule has 1 N–H and O–H groups in total. The lowest BCUT2D eigenvalue weighted by atomic mass is 10.2. The van der Waals surface area contributed by atoms with Gasteiger partial charge in [-0.3, -0.25) is 0 Å². The topological polar surface area (TPSA) is 38.0 Å². The van der Waals surface area contributed by atoms with E-state index < -0.39 is 0 Å². The molecule has 0 fully saturated rings. The second kappa shape index (κ2) is 3.83. The summed E-state index contributed by atoms with van der Waals surface area (Å²) in [7, 11) is 0. The van der Waals surface area contributed by atoms with E-state index in [9.17, 15) is 5.11 Å². The number of hydrogen-bond acceptors (Lipinski definition) is 2. The number of rotatable bonds is 1. The lowest BCUT2D eigenvalue weighted by Gasteiger charge is -2.05. The summed E-state index contributed by atoms with van der Waals surface area (Å²) < 4.78 is 1.83. The monoisotopic (exact) mass is 236 g/mol. The summed E-state index contributed by atoms with van der Waals surface area (Å²) in [5.41, 5.74) is 4.11. The highest BCUT2D eigenvalue weighted by Gasteiger charge is 2.09. The molecule has 1 heterocycles. The van der Waals surface area contributed by atoms with Gasteiger partial charge in [-0.25, -0.2) is 4.68 Å². The van der Waals surface area contributed by atoms with Crippen molar-refractivity contribution in [3.05, 3.63) is 40.2 Å². The molecule has 0 amide bonds. The van der Waals surface area contributed by atoms with Crippen molar-refractivity contribution < 1.29 is 5.11 Å². The maximum Gasteiger partial charge on any atom is 0.134 e. The fourth-order valence-electron chi connectivity index (χ4n) is 1.60. The van der Waals surface area contributed by atoms with Crippen LogP contribution in [-0.2, 0) is 0 Å². The molecular formula is C12H13ClN2O. The van der Waals surface area contributed by atoms with Crippen molar-refractivity contribution in [2.75, 3.05) is 0 Å². The van der Waals surface area contributed by atoms with Gasteiger partial charge >= 0.3 is 0 Å². The number of halogens is 1. The molecule has 0 aliphatic carbocycles. The summed E-state index contributed by atoms with van der Waals surface area (Å²) in [6.45, 7) is 6.02. The third-order valence-corrected chi connectivity index (χ3v) is 3.13. The van der Waals surface area contributed by atoms with Crippen molar-refractivity contribution in [3.63, 3.8) is 0 Å². The largest absolute Gasteiger partial charge is 0.506 e. The molecule has 4 heteroatoms. The molecule has 0 aliphatic rings. The molecule has 3 nitrogen and oxygen atoms in total. The van der Waals surface area contributed by atoms with Crippen LogP contribution in [0.1, 0.15) is 17.0 Å². The standard InChI is InChI=1S/C12H13ClN2O/c1-7-8(2)14-15(9(7)3)10-4-5-12(16)11(13)6-10/h4-6,16H,1-3H3. The van der Waals surface area contributed by atoms with Gasteiger partial charge in [-0.1, -0.05) is 11.6 Å². The second-order valence-corrected chi connectivity index (χ2v) is 4.25. The van der Waals surface area contributed by atoms with Crippen LogP contribution in [0.25, 0.3) is 5.69 Å². The minimum Gasteiger partial charge on any atom is -0.506 e. The summed E-state index contributed by atoms with van der Waals surface area (Å²) in [4.78, 5) is 0. The number of hydrogen-bond donors (Lipinski definition) is 1. The van der Waals surface area contributed by atoms with Crippen molar-refractivity contribution in [3.8, 4) is 11.4 Å². The quantitative estimate of drug-likeness (QED) is 0.826. The Morgan fingerprint density at radius 2 is 1.94 bits per heavy atom. The zero-order valence-electron chi connectivity index (χ0n) is 9.45. The first-order chi connectivity index (χ1) is 7.50. The first-order valence-electron chi connectivity index (χ1n) is 5.02. The molecule has 0 saturated carbocycles. The normalized spacial score (nSPS) is 10.8. The van der Waals surface area contributed by atoms with Crippen LogP contribution >= 0.6 is 11.6 Å².